The number of benzene rings is 2. The summed E-state index contributed by atoms with van der Waals surface area (Å²) in [5, 5.41) is 12.8. The number of aryl methyl sites for hydroxylation is 1. The molecule has 0 spiro atoms. The van der Waals surface area contributed by atoms with Crippen LogP contribution in [0.5, 0.6) is 5.75 Å². The molecule has 0 fully saturated rings. The minimum absolute atomic E-state index is 0.589. The highest BCUT2D eigenvalue weighted by Gasteiger charge is 2.13. The molecule has 2 aromatic heterocycles. The second-order valence-electron chi connectivity index (χ2n) is 5.80. The van der Waals surface area contributed by atoms with Crippen LogP contribution >= 0.6 is 11.8 Å². The van der Waals surface area contributed by atoms with Gasteiger partial charge in [-0.15, -0.1) is 5.10 Å². The number of fused-ring (bicyclic) bond motifs is 1. The smallest absolute Gasteiger partial charge is 0.214 e. The number of hydrogen-bond acceptors (Lipinski definition) is 7. The van der Waals surface area contributed by atoms with Crippen LogP contribution in [0, 0.1) is 0 Å². The van der Waals surface area contributed by atoms with E-state index in [0.29, 0.717) is 6.61 Å². The van der Waals surface area contributed by atoms with E-state index < -0.39 is 0 Å². The molecule has 0 aliphatic carbocycles. The van der Waals surface area contributed by atoms with Crippen molar-refractivity contribution in [3.05, 3.63) is 54.4 Å². The molecule has 27 heavy (non-hydrogen) atoms. The molecular formula is C19H19N5O2S. The number of tetrazole rings is 1. The maximum atomic E-state index is 5.76. The number of thioether (sulfide) groups is 1. The van der Waals surface area contributed by atoms with Crippen molar-refractivity contribution in [3.63, 3.8) is 0 Å². The highest BCUT2D eigenvalue weighted by atomic mass is 32.2. The van der Waals surface area contributed by atoms with Crippen LogP contribution < -0.4 is 4.74 Å². The standard InChI is InChI=1S/C19H19N5O2S/c1-2-25-17-11-6-4-9-15(17)24-19(21-22-23-24)27-13-7-12-18-20-14-8-3-5-10-16(14)26-18/h3-6,8-11H,2,7,12-13H2,1H3. The molecule has 4 aromatic rings. The van der Waals surface area contributed by atoms with Crippen LogP contribution in [0.2, 0.25) is 0 Å². The van der Waals surface area contributed by atoms with E-state index in [0.717, 1.165) is 52.2 Å². The van der Waals surface area contributed by atoms with Crippen molar-refractivity contribution < 1.29 is 9.15 Å². The van der Waals surface area contributed by atoms with Crippen LogP contribution in [-0.4, -0.2) is 37.6 Å². The molecule has 8 heteroatoms. The Morgan fingerprint density at radius 2 is 1.96 bits per heavy atom. The fourth-order valence-electron chi connectivity index (χ4n) is 2.74. The van der Waals surface area contributed by atoms with E-state index in [1.807, 2.05) is 55.5 Å². The minimum atomic E-state index is 0.589. The molecule has 0 radical (unpaired) electrons. The van der Waals surface area contributed by atoms with Crippen molar-refractivity contribution in [2.24, 2.45) is 0 Å². The van der Waals surface area contributed by atoms with Crippen LogP contribution in [0.15, 0.2) is 58.1 Å². The van der Waals surface area contributed by atoms with Crippen molar-refractivity contribution in [1.29, 1.82) is 0 Å². The van der Waals surface area contributed by atoms with Gasteiger partial charge in [-0.3, -0.25) is 0 Å². The van der Waals surface area contributed by atoms with Gasteiger partial charge in [-0.05, 0) is 48.0 Å². The van der Waals surface area contributed by atoms with E-state index in [1.165, 1.54) is 0 Å². The molecule has 0 atom stereocenters. The van der Waals surface area contributed by atoms with Gasteiger partial charge >= 0.3 is 0 Å². The molecule has 0 unspecified atom stereocenters. The summed E-state index contributed by atoms with van der Waals surface area (Å²) in [6.45, 7) is 2.55. The Kier molecular flexibility index (Phi) is 5.34. The quantitative estimate of drug-likeness (QED) is 0.338. The average Bonchev–Trinajstić information content (AvgIpc) is 3.32. The predicted molar refractivity (Wildman–Crippen MR) is 103 cm³/mol. The Morgan fingerprint density at radius 3 is 2.85 bits per heavy atom. The zero-order valence-corrected chi connectivity index (χ0v) is 15.7. The first-order valence-electron chi connectivity index (χ1n) is 8.83. The van der Waals surface area contributed by atoms with Crippen molar-refractivity contribution >= 4 is 22.9 Å². The molecule has 4 rings (SSSR count). The van der Waals surface area contributed by atoms with Gasteiger partial charge in [0, 0.05) is 12.2 Å². The van der Waals surface area contributed by atoms with Gasteiger partial charge in [0.05, 0.1) is 6.61 Å². The number of oxazole rings is 1. The summed E-state index contributed by atoms with van der Waals surface area (Å²) < 4.78 is 13.2. The summed E-state index contributed by atoms with van der Waals surface area (Å²) in [5.41, 5.74) is 2.57. The van der Waals surface area contributed by atoms with Gasteiger partial charge in [0.25, 0.3) is 0 Å². The Balaban J connectivity index is 1.39. The normalized spacial score (nSPS) is 11.1. The zero-order valence-electron chi connectivity index (χ0n) is 14.9. The largest absolute Gasteiger partial charge is 0.492 e. The number of para-hydroxylation sites is 4. The molecule has 2 aromatic carbocycles. The van der Waals surface area contributed by atoms with Crippen molar-refractivity contribution in [1.82, 2.24) is 25.2 Å². The fourth-order valence-corrected chi connectivity index (χ4v) is 3.57. The average molecular weight is 381 g/mol. The topological polar surface area (TPSA) is 78.9 Å². The highest BCUT2D eigenvalue weighted by molar-refractivity contribution is 7.99. The third-order valence-electron chi connectivity index (χ3n) is 3.94. The number of nitrogens with zero attached hydrogens (tertiary/aromatic N) is 5. The lowest BCUT2D eigenvalue weighted by atomic mass is 10.3. The van der Waals surface area contributed by atoms with Gasteiger partial charge in [0.2, 0.25) is 5.16 Å². The number of hydrogen-bond donors (Lipinski definition) is 0. The van der Waals surface area contributed by atoms with Crippen LogP contribution in [0.25, 0.3) is 16.8 Å². The van der Waals surface area contributed by atoms with E-state index in [1.54, 1.807) is 16.4 Å². The molecule has 0 N–H and O–H groups in total. The maximum Gasteiger partial charge on any atom is 0.214 e. The molecule has 7 nitrogen and oxygen atoms in total. The SMILES string of the molecule is CCOc1ccccc1-n1nnnc1SCCCc1nc2ccccc2o1. The Bertz CT molecular complexity index is 997. The molecular weight excluding hydrogens is 362 g/mol. The van der Waals surface area contributed by atoms with Crippen molar-refractivity contribution in [2.75, 3.05) is 12.4 Å². The summed E-state index contributed by atoms with van der Waals surface area (Å²) in [4.78, 5) is 4.51. The second-order valence-corrected chi connectivity index (χ2v) is 6.86. The summed E-state index contributed by atoms with van der Waals surface area (Å²) in [6.07, 6.45) is 1.69. The lowest BCUT2D eigenvalue weighted by Crippen LogP contribution is -2.03. The van der Waals surface area contributed by atoms with Crippen molar-refractivity contribution in [3.8, 4) is 11.4 Å². The minimum Gasteiger partial charge on any atom is -0.492 e. The molecule has 2 heterocycles. The number of aromatic nitrogens is 5. The third kappa shape index (κ3) is 3.95. The third-order valence-corrected chi connectivity index (χ3v) is 4.94. The van der Waals surface area contributed by atoms with Gasteiger partial charge in [-0.25, -0.2) is 4.98 Å². The van der Waals surface area contributed by atoms with Crippen LogP contribution in [0.4, 0.5) is 0 Å². The lowest BCUT2D eigenvalue weighted by molar-refractivity contribution is 0.337. The zero-order chi connectivity index (χ0) is 18.5. The number of ether oxygens (including phenoxy) is 1. The van der Waals surface area contributed by atoms with Gasteiger partial charge in [-0.1, -0.05) is 36.0 Å². The van der Waals surface area contributed by atoms with Gasteiger partial charge < -0.3 is 9.15 Å². The maximum absolute atomic E-state index is 5.76. The first-order chi connectivity index (χ1) is 13.3. The van der Waals surface area contributed by atoms with E-state index in [2.05, 4.69) is 20.5 Å². The lowest BCUT2D eigenvalue weighted by Gasteiger charge is -2.10. The molecule has 138 valence electrons. The molecule has 0 saturated carbocycles. The first-order valence-corrected chi connectivity index (χ1v) is 9.81. The van der Waals surface area contributed by atoms with Crippen LogP contribution in [0.3, 0.4) is 0 Å². The highest BCUT2D eigenvalue weighted by Crippen LogP contribution is 2.26. The van der Waals surface area contributed by atoms with Crippen LogP contribution in [-0.2, 0) is 6.42 Å². The molecule has 0 aliphatic rings. The summed E-state index contributed by atoms with van der Waals surface area (Å²) >= 11 is 1.60. The molecule has 0 amide bonds. The Labute approximate surface area is 160 Å². The summed E-state index contributed by atoms with van der Waals surface area (Å²) in [7, 11) is 0. The number of rotatable bonds is 8. The summed E-state index contributed by atoms with van der Waals surface area (Å²) in [5.74, 6) is 2.38. The molecule has 0 bridgehead atoms. The molecule has 0 saturated heterocycles. The molecule has 0 aliphatic heterocycles. The Hall–Kier alpha value is -2.87. The Morgan fingerprint density at radius 1 is 1.11 bits per heavy atom. The van der Waals surface area contributed by atoms with E-state index >= 15 is 0 Å². The monoisotopic (exact) mass is 381 g/mol. The first kappa shape index (κ1) is 17.5. The second kappa shape index (κ2) is 8.22. The van der Waals surface area contributed by atoms with Gasteiger partial charge in [-0.2, -0.15) is 4.68 Å². The van der Waals surface area contributed by atoms with Gasteiger partial charge in [0.1, 0.15) is 17.0 Å². The van der Waals surface area contributed by atoms with Crippen molar-refractivity contribution in [2.45, 2.75) is 24.9 Å². The van der Waals surface area contributed by atoms with E-state index in [9.17, 15) is 0 Å². The van der Waals surface area contributed by atoms with E-state index in [-0.39, 0.29) is 0 Å². The van der Waals surface area contributed by atoms with E-state index in [4.69, 9.17) is 9.15 Å². The predicted octanol–water partition coefficient (Wildman–Crippen LogP) is 3.93. The fraction of sp³-hybridized carbons (Fsp3) is 0.263. The van der Waals surface area contributed by atoms with Gasteiger partial charge in [0.15, 0.2) is 11.5 Å². The van der Waals surface area contributed by atoms with Crippen LogP contribution in [0.1, 0.15) is 19.2 Å². The summed E-state index contributed by atoms with van der Waals surface area (Å²) in [6, 6.07) is 15.6.